The molecule has 0 atom stereocenters. The number of amides is 3. The van der Waals surface area contributed by atoms with Crippen LogP contribution in [0.25, 0.3) is 16.8 Å². The van der Waals surface area contributed by atoms with Gasteiger partial charge in [0.2, 0.25) is 5.91 Å². The van der Waals surface area contributed by atoms with Crippen molar-refractivity contribution in [2.75, 3.05) is 32.8 Å². The number of rotatable bonds is 6. The molecular formula is C27H22I2N2O5S. The van der Waals surface area contributed by atoms with Crippen LogP contribution in [0.4, 0.5) is 4.79 Å². The van der Waals surface area contributed by atoms with Gasteiger partial charge in [0.25, 0.3) is 11.1 Å². The van der Waals surface area contributed by atoms with Gasteiger partial charge in [0, 0.05) is 13.1 Å². The fourth-order valence-electron chi connectivity index (χ4n) is 4.12. The zero-order chi connectivity index (χ0) is 25.9. The van der Waals surface area contributed by atoms with Crippen LogP contribution < -0.4 is 4.74 Å². The number of benzene rings is 3. The Labute approximate surface area is 245 Å². The fraction of sp³-hybridized carbons (Fsp3) is 0.222. The van der Waals surface area contributed by atoms with Gasteiger partial charge in [-0.3, -0.25) is 19.3 Å². The maximum absolute atomic E-state index is 12.9. The van der Waals surface area contributed by atoms with Gasteiger partial charge >= 0.3 is 0 Å². The summed E-state index contributed by atoms with van der Waals surface area (Å²) in [5.41, 5.74) is 1.87. The number of carbonyl (C=O) groups excluding carboxylic acids is 3. The van der Waals surface area contributed by atoms with Crippen molar-refractivity contribution in [2.45, 2.75) is 6.61 Å². The quantitative estimate of drug-likeness (QED) is 0.245. The smallest absolute Gasteiger partial charge is 0.294 e. The van der Waals surface area contributed by atoms with Gasteiger partial charge in [0.1, 0.15) is 18.9 Å². The lowest BCUT2D eigenvalue weighted by atomic mass is 10.1. The van der Waals surface area contributed by atoms with E-state index in [2.05, 4.69) is 75.5 Å². The number of carbonyl (C=O) groups is 3. The first-order valence-electron chi connectivity index (χ1n) is 11.6. The van der Waals surface area contributed by atoms with E-state index in [0.717, 1.165) is 40.7 Å². The molecule has 0 bridgehead atoms. The standard InChI is InChI=1S/C27H22I2N2O5S/c28-21-12-18(13-22(29)25(21)36-16-17-5-6-19-3-1-2-4-20(19)11-17)14-23-26(33)31(27(34)37-23)15-24(32)30-7-9-35-10-8-30/h1-6,11-14H,7-10,15-16H2/b23-14+. The first kappa shape index (κ1) is 26.4. The highest BCUT2D eigenvalue weighted by atomic mass is 127. The highest BCUT2D eigenvalue weighted by molar-refractivity contribution is 14.1. The highest BCUT2D eigenvalue weighted by Gasteiger charge is 2.37. The van der Waals surface area contributed by atoms with Crippen molar-refractivity contribution < 1.29 is 23.9 Å². The van der Waals surface area contributed by atoms with Gasteiger partial charge in [0.05, 0.1) is 25.3 Å². The molecule has 0 saturated carbocycles. The molecule has 0 spiro atoms. The van der Waals surface area contributed by atoms with Crippen LogP contribution in [0.3, 0.4) is 0 Å². The molecule has 2 heterocycles. The summed E-state index contributed by atoms with van der Waals surface area (Å²) < 4.78 is 13.2. The van der Waals surface area contributed by atoms with Crippen molar-refractivity contribution in [3.05, 3.63) is 77.8 Å². The third-order valence-electron chi connectivity index (χ3n) is 6.05. The van der Waals surface area contributed by atoms with E-state index in [9.17, 15) is 14.4 Å². The molecule has 0 radical (unpaired) electrons. The Kier molecular flexibility index (Phi) is 8.37. The Bertz CT molecular complexity index is 1400. The summed E-state index contributed by atoms with van der Waals surface area (Å²) in [6, 6.07) is 18.3. The van der Waals surface area contributed by atoms with Crippen molar-refractivity contribution in [2.24, 2.45) is 0 Å². The number of nitrogens with zero attached hydrogens (tertiary/aromatic N) is 2. The number of ether oxygens (including phenoxy) is 2. The topological polar surface area (TPSA) is 76.2 Å². The number of morpholine rings is 1. The third-order valence-corrected chi connectivity index (χ3v) is 8.56. The van der Waals surface area contributed by atoms with E-state index in [4.69, 9.17) is 9.47 Å². The number of fused-ring (bicyclic) bond motifs is 1. The number of hydrogen-bond donors (Lipinski definition) is 0. The van der Waals surface area contributed by atoms with Crippen molar-refractivity contribution in [1.82, 2.24) is 9.80 Å². The van der Waals surface area contributed by atoms with Gasteiger partial charge in [-0.05, 0) is 103 Å². The summed E-state index contributed by atoms with van der Waals surface area (Å²) in [6.07, 6.45) is 1.70. The number of imide groups is 1. The normalized spacial score (nSPS) is 17.2. The number of thioether (sulfide) groups is 1. The minimum Gasteiger partial charge on any atom is -0.487 e. The van der Waals surface area contributed by atoms with Crippen LogP contribution in [0.5, 0.6) is 5.75 Å². The van der Waals surface area contributed by atoms with Crippen LogP contribution in [-0.2, 0) is 20.9 Å². The molecule has 0 aromatic heterocycles. The van der Waals surface area contributed by atoms with Crippen LogP contribution in [0.2, 0.25) is 0 Å². The van der Waals surface area contributed by atoms with Gasteiger partial charge in [-0.1, -0.05) is 36.4 Å². The van der Waals surface area contributed by atoms with Crippen LogP contribution in [0, 0.1) is 7.14 Å². The van der Waals surface area contributed by atoms with E-state index in [-0.39, 0.29) is 12.5 Å². The van der Waals surface area contributed by atoms with E-state index >= 15 is 0 Å². The third kappa shape index (κ3) is 6.13. The van der Waals surface area contributed by atoms with Crippen LogP contribution in [-0.4, -0.2) is 59.7 Å². The predicted molar refractivity (Wildman–Crippen MR) is 160 cm³/mol. The second-order valence-electron chi connectivity index (χ2n) is 8.54. The molecule has 2 saturated heterocycles. The zero-order valence-corrected chi connectivity index (χ0v) is 24.7. The summed E-state index contributed by atoms with van der Waals surface area (Å²) in [5.74, 6) is 0.0813. The van der Waals surface area contributed by atoms with E-state index < -0.39 is 11.1 Å². The van der Waals surface area contributed by atoms with Crippen molar-refractivity contribution in [3.8, 4) is 5.75 Å². The van der Waals surface area contributed by atoms with Crippen LogP contribution in [0.1, 0.15) is 11.1 Å². The maximum atomic E-state index is 12.9. The monoisotopic (exact) mass is 740 g/mol. The summed E-state index contributed by atoms with van der Waals surface area (Å²) >= 11 is 5.30. The Morgan fingerprint density at radius 2 is 1.70 bits per heavy atom. The Balaban J connectivity index is 1.27. The molecule has 3 aromatic carbocycles. The molecule has 2 aliphatic rings. The van der Waals surface area contributed by atoms with E-state index in [1.165, 1.54) is 10.8 Å². The Morgan fingerprint density at radius 1 is 1.00 bits per heavy atom. The zero-order valence-electron chi connectivity index (χ0n) is 19.6. The lowest BCUT2D eigenvalue weighted by Gasteiger charge is -2.28. The van der Waals surface area contributed by atoms with E-state index in [1.54, 1.807) is 11.0 Å². The summed E-state index contributed by atoms with van der Waals surface area (Å²) in [4.78, 5) is 40.9. The summed E-state index contributed by atoms with van der Waals surface area (Å²) in [7, 11) is 0. The van der Waals surface area contributed by atoms with E-state index in [0.29, 0.717) is 37.8 Å². The lowest BCUT2D eigenvalue weighted by molar-refractivity contribution is -0.139. The van der Waals surface area contributed by atoms with Crippen molar-refractivity contribution in [3.63, 3.8) is 0 Å². The molecule has 3 aromatic rings. The minimum absolute atomic E-state index is 0.246. The predicted octanol–water partition coefficient (Wildman–Crippen LogP) is 5.52. The molecule has 3 amide bonds. The first-order valence-corrected chi connectivity index (χ1v) is 14.6. The molecule has 0 N–H and O–H groups in total. The molecule has 0 aliphatic carbocycles. The van der Waals surface area contributed by atoms with Gasteiger partial charge in [-0.15, -0.1) is 0 Å². The molecule has 190 valence electrons. The largest absolute Gasteiger partial charge is 0.487 e. The van der Waals surface area contributed by atoms with Crippen LogP contribution in [0.15, 0.2) is 59.5 Å². The Hall–Kier alpha value is -2.16. The van der Waals surface area contributed by atoms with Gasteiger partial charge in [-0.25, -0.2) is 0 Å². The summed E-state index contributed by atoms with van der Waals surface area (Å²) in [6.45, 7) is 2.05. The Morgan fingerprint density at radius 3 is 2.43 bits per heavy atom. The highest BCUT2D eigenvalue weighted by Crippen LogP contribution is 2.35. The lowest BCUT2D eigenvalue weighted by Crippen LogP contribution is -2.46. The molecule has 0 unspecified atom stereocenters. The van der Waals surface area contributed by atoms with Crippen molar-refractivity contribution in [1.29, 1.82) is 0 Å². The second kappa shape index (κ2) is 11.7. The number of halogens is 2. The second-order valence-corrected chi connectivity index (χ2v) is 11.9. The SMILES string of the molecule is O=C(CN1C(=O)S/C(=C/c2cc(I)c(OCc3ccc4ccccc4c3)c(I)c2)C1=O)N1CCOCC1. The average molecular weight is 740 g/mol. The molecule has 7 nitrogen and oxygen atoms in total. The fourth-order valence-corrected chi connectivity index (χ4v) is 7.09. The minimum atomic E-state index is -0.446. The van der Waals surface area contributed by atoms with Gasteiger partial charge < -0.3 is 14.4 Å². The van der Waals surface area contributed by atoms with Crippen molar-refractivity contribution >= 4 is 90.8 Å². The van der Waals surface area contributed by atoms with Gasteiger partial charge in [0.15, 0.2) is 0 Å². The molecule has 2 fully saturated rings. The maximum Gasteiger partial charge on any atom is 0.294 e. The number of hydrogen-bond acceptors (Lipinski definition) is 6. The molecular weight excluding hydrogens is 718 g/mol. The summed E-state index contributed by atoms with van der Waals surface area (Å²) in [5, 5.41) is 1.93. The van der Waals surface area contributed by atoms with E-state index in [1.807, 2.05) is 24.3 Å². The van der Waals surface area contributed by atoms with Gasteiger partial charge in [-0.2, -0.15) is 0 Å². The molecule has 37 heavy (non-hydrogen) atoms. The molecule has 2 aliphatic heterocycles. The van der Waals surface area contributed by atoms with Crippen LogP contribution >= 0.6 is 56.9 Å². The molecule has 10 heteroatoms. The molecule has 5 rings (SSSR count). The average Bonchev–Trinajstić information content (AvgIpc) is 3.15. The first-order chi connectivity index (χ1) is 17.9.